The van der Waals surface area contributed by atoms with Gasteiger partial charge in [-0.3, -0.25) is 9.00 Å². The van der Waals surface area contributed by atoms with E-state index in [-0.39, 0.29) is 17.6 Å². The van der Waals surface area contributed by atoms with Crippen LogP contribution in [0.3, 0.4) is 0 Å². The van der Waals surface area contributed by atoms with E-state index < -0.39 is 10.8 Å². The SMILES string of the molecule is CC(CS(C)=O)NC(=O)c1cc2ccccc2c(N)n1. The van der Waals surface area contributed by atoms with Gasteiger partial charge in [0.1, 0.15) is 11.5 Å². The second-order valence-electron chi connectivity index (χ2n) is 4.73. The number of aromatic nitrogens is 1. The van der Waals surface area contributed by atoms with Crippen LogP contribution in [0.1, 0.15) is 17.4 Å². The minimum absolute atomic E-state index is 0.178. The maximum atomic E-state index is 12.1. The molecule has 20 heavy (non-hydrogen) atoms. The van der Waals surface area contributed by atoms with E-state index in [2.05, 4.69) is 10.3 Å². The highest BCUT2D eigenvalue weighted by Crippen LogP contribution is 2.19. The van der Waals surface area contributed by atoms with Crippen LogP contribution >= 0.6 is 0 Å². The lowest BCUT2D eigenvalue weighted by atomic mass is 10.1. The Morgan fingerprint density at radius 1 is 1.45 bits per heavy atom. The number of hydrogen-bond donors (Lipinski definition) is 2. The molecule has 1 heterocycles. The van der Waals surface area contributed by atoms with E-state index in [1.165, 1.54) is 0 Å². The average Bonchev–Trinajstić information content (AvgIpc) is 2.37. The molecule has 2 unspecified atom stereocenters. The molecule has 0 radical (unpaired) electrons. The Labute approximate surface area is 120 Å². The van der Waals surface area contributed by atoms with Gasteiger partial charge in [0.05, 0.1) is 0 Å². The number of nitrogens with zero attached hydrogens (tertiary/aromatic N) is 1. The zero-order valence-electron chi connectivity index (χ0n) is 11.4. The van der Waals surface area contributed by atoms with Crippen LogP contribution in [0.2, 0.25) is 0 Å². The summed E-state index contributed by atoms with van der Waals surface area (Å²) in [5, 5.41) is 4.47. The van der Waals surface area contributed by atoms with Crippen molar-refractivity contribution in [3.63, 3.8) is 0 Å². The molecule has 0 aliphatic carbocycles. The Bertz CT molecular complexity index is 673. The first-order valence-corrected chi connectivity index (χ1v) is 7.96. The molecule has 2 aromatic rings. The van der Waals surface area contributed by atoms with Crippen LogP contribution in [0.25, 0.3) is 10.8 Å². The van der Waals surface area contributed by atoms with Crippen LogP contribution < -0.4 is 11.1 Å². The second-order valence-corrected chi connectivity index (χ2v) is 6.21. The molecule has 1 aromatic carbocycles. The molecule has 0 spiro atoms. The minimum atomic E-state index is -0.955. The summed E-state index contributed by atoms with van der Waals surface area (Å²) >= 11 is 0. The topological polar surface area (TPSA) is 85.1 Å². The van der Waals surface area contributed by atoms with E-state index in [4.69, 9.17) is 5.73 Å². The first kappa shape index (κ1) is 14.5. The van der Waals surface area contributed by atoms with Crippen molar-refractivity contribution in [2.75, 3.05) is 17.7 Å². The third-order valence-corrected chi connectivity index (χ3v) is 3.83. The van der Waals surface area contributed by atoms with E-state index in [1.54, 1.807) is 12.3 Å². The molecule has 0 saturated heterocycles. The predicted octanol–water partition coefficient (Wildman–Crippen LogP) is 1.31. The molecule has 2 rings (SSSR count). The van der Waals surface area contributed by atoms with Gasteiger partial charge in [0, 0.05) is 34.2 Å². The number of benzene rings is 1. The first-order chi connectivity index (χ1) is 9.47. The number of anilines is 1. The summed E-state index contributed by atoms with van der Waals surface area (Å²) in [4.78, 5) is 16.2. The molecule has 0 fully saturated rings. The zero-order valence-corrected chi connectivity index (χ0v) is 12.2. The van der Waals surface area contributed by atoms with Crippen LogP contribution in [-0.2, 0) is 10.8 Å². The molecule has 0 bridgehead atoms. The summed E-state index contributed by atoms with van der Waals surface area (Å²) in [5.74, 6) is 0.440. The summed E-state index contributed by atoms with van der Waals surface area (Å²) in [6.45, 7) is 1.81. The smallest absolute Gasteiger partial charge is 0.270 e. The second kappa shape index (κ2) is 6.00. The fraction of sp³-hybridized carbons (Fsp3) is 0.286. The average molecular weight is 291 g/mol. The molecule has 6 heteroatoms. The lowest BCUT2D eigenvalue weighted by Gasteiger charge is -2.12. The largest absolute Gasteiger partial charge is 0.383 e. The predicted molar refractivity (Wildman–Crippen MR) is 82.0 cm³/mol. The molecule has 106 valence electrons. The van der Waals surface area contributed by atoms with Gasteiger partial charge in [-0.1, -0.05) is 24.3 Å². The fourth-order valence-electron chi connectivity index (χ4n) is 2.03. The van der Waals surface area contributed by atoms with Crippen molar-refractivity contribution >= 4 is 33.3 Å². The summed E-state index contributed by atoms with van der Waals surface area (Å²) in [5.41, 5.74) is 6.14. The number of nitrogens with one attached hydrogen (secondary N) is 1. The summed E-state index contributed by atoms with van der Waals surface area (Å²) in [6.07, 6.45) is 1.61. The van der Waals surface area contributed by atoms with Gasteiger partial charge >= 0.3 is 0 Å². The van der Waals surface area contributed by atoms with Crippen molar-refractivity contribution in [1.82, 2.24) is 10.3 Å². The fourth-order valence-corrected chi connectivity index (χ4v) is 2.82. The number of carbonyl (C=O) groups excluding carboxylic acids is 1. The van der Waals surface area contributed by atoms with Gasteiger partial charge in [0.2, 0.25) is 0 Å². The Morgan fingerprint density at radius 2 is 2.15 bits per heavy atom. The number of carbonyl (C=O) groups is 1. The van der Waals surface area contributed by atoms with Crippen molar-refractivity contribution in [2.45, 2.75) is 13.0 Å². The van der Waals surface area contributed by atoms with Gasteiger partial charge in [-0.25, -0.2) is 4.98 Å². The summed E-state index contributed by atoms with van der Waals surface area (Å²) in [6, 6.07) is 9.03. The minimum Gasteiger partial charge on any atom is -0.383 e. The normalized spacial score (nSPS) is 13.9. The lowest BCUT2D eigenvalue weighted by molar-refractivity contribution is 0.0939. The van der Waals surface area contributed by atoms with Gasteiger partial charge in [0.25, 0.3) is 5.91 Å². The molecule has 0 saturated carbocycles. The highest BCUT2D eigenvalue weighted by Gasteiger charge is 2.14. The Morgan fingerprint density at radius 3 is 2.85 bits per heavy atom. The lowest BCUT2D eigenvalue weighted by Crippen LogP contribution is -2.36. The first-order valence-electron chi connectivity index (χ1n) is 6.23. The molecule has 0 aliphatic heterocycles. The van der Waals surface area contributed by atoms with Gasteiger partial charge in [0.15, 0.2) is 0 Å². The molecule has 0 aliphatic rings. The number of nitrogen functional groups attached to an aromatic ring is 1. The number of pyridine rings is 1. The number of fused-ring (bicyclic) bond motifs is 1. The quantitative estimate of drug-likeness (QED) is 0.889. The van der Waals surface area contributed by atoms with E-state index in [0.717, 1.165) is 10.8 Å². The highest BCUT2D eigenvalue weighted by atomic mass is 32.2. The van der Waals surface area contributed by atoms with Gasteiger partial charge in [-0.05, 0) is 18.4 Å². The van der Waals surface area contributed by atoms with Gasteiger partial charge in [-0.2, -0.15) is 0 Å². The standard InChI is InChI=1S/C14H17N3O2S/c1-9(8-20(2)19)16-14(18)12-7-10-5-3-4-6-11(10)13(15)17-12/h3-7,9H,8H2,1-2H3,(H2,15,17)(H,16,18). The summed E-state index contributed by atoms with van der Waals surface area (Å²) in [7, 11) is -0.955. The van der Waals surface area contributed by atoms with Crippen LogP contribution in [0.5, 0.6) is 0 Å². The maximum Gasteiger partial charge on any atom is 0.270 e. The van der Waals surface area contributed by atoms with Crippen LogP contribution in [0.15, 0.2) is 30.3 Å². The van der Waals surface area contributed by atoms with Crippen molar-refractivity contribution in [2.24, 2.45) is 0 Å². The third kappa shape index (κ3) is 3.33. The molecule has 1 amide bonds. The molecule has 2 atom stereocenters. The van der Waals surface area contributed by atoms with Crippen LogP contribution in [0.4, 0.5) is 5.82 Å². The Balaban J connectivity index is 2.24. The third-order valence-electron chi connectivity index (χ3n) is 2.86. The Hall–Kier alpha value is -1.95. The van der Waals surface area contributed by atoms with Gasteiger partial charge in [-0.15, -0.1) is 0 Å². The maximum absolute atomic E-state index is 12.1. The van der Waals surface area contributed by atoms with E-state index in [1.807, 2.05) is 31.2 Å². The van der Waals surface area contributed by atoms with Gasteiger partial charge < -0.3 is 11.1 Å². The molecular weight excluding hydrogens is 274 g/mol. The van der Waals surface area contributed by atoms with Crippen molar-refractivity contribution in [3.05, 3.63) is 36.0 Å². The van der Waals surface area contributed by atoms with E-state index in [0.29, 0.717) is 11.6 Å². The number of hydrogen-bond acceptors (Lipinski definition) is 4. The Kier molecular flexibility index (Phi) is 4.34. The number of nitrogens with two attached hydrogens (primary N) is 1. The molecule has 1 aromatic heterocycles. The van der Waals surface area contributed by atoms with Crippen molar-refractivity contribution in [3.8, 4) is 0 Å². The number of amides is 1. The molecule has 3 N–H and O–H groups in total. The number of rotatable bonds is 4. The monoisotopic (exact) mass is 291 g/mol. The van der Waals surface area contributed by atoms with Crippen LogP contribution in [0, 0.1) is 0 Å². The van der Waals surface area contributed by atoms with Crippen molar-refractivity contribution < 1.29 is 9.00 Å². The van der Waals surface area contributed by atoms with Crippen molar-refractivity contribution in [1.29, 1.82) is 0 Å². The van der Waals surface area contributed by atoms with E-state index in [9.17, 15) is 9.00 Å². The zero-order chi connectivity index (χ0) is 14.7. The summed E-state index contributed by atoms with van der Waals surface area (Å²) < 4.78 is 11.1. The highest BCUT2D eigenvalue weighted by molar-refractivity contribution is 7.84. The molecule has 5 nitrogen and oxygen atoms in total. The molecular formula is C14H17N3O2S. The van der Waals surface area contributed by atoms with E-state index >= 15 is 0 Å². The van der Waals surface area contributed by atoms with Crippen LogP contribution in [-0.4, -0.2) is 33.2 Å².